The van der Waals surface area contributed by atoms with Gasteiger partial charge in [-0.05, 0) is 72.9 Å². The van der Waals surface area contributed by atoms with Crippen LogP contribution in [0.1, 0.15) is 48.3 Å². The summed E-state index contributed by atoms with van der Waals surface area (Å²) in [5, 5.41) is 0. The number of hydrogen-bond donors (Lipinski definition) is 0. The summed E-state index contributed by atoms with van der Waals surface area (Å²) in [4.78, 5) is 31.2. The number of rotatable bonds is 15. The van der Waals surface area contributed by atoms with Crippen LogP contribution in [0.4, 0.5) is 0 Å². The summed E-state index contributed by atoms with van der Waals surface area (Å²) in [5.41, 5.74) is 4.84. The molecule has 0 saturated heterocycles. The summed E-state index contributed by atoms with van der Waals surface area (Å²) in [6, 6.07) is 29.7. The van der Waals surface area contributed by atoms with Gasteiger partial charge in [0.05, 0.1) is 13.7 Å². The van der Waals surface area contributed by atoms with Crippen molar-refractivity contribution in [3.63, 3.8) is 0 Å². The molecule has 0 bridgehead atoms. The average Bonchev–Trinajstić information content (AvgIpc) is 3.49. The third-order valence-corrected chi connectivity index (χ3v) is 7.81. The molecule has 0 fully saturated rings. The fourth-order valence-corrected chi connectivity index (χ4v) is 5.12. The van der Waals surface area contributed by atoms with E-state index in [1.807, 2.05) is 90.0 Å². The number of amides is 2. The molecule has 0 spiro atoms. The molecule has 7 heteroatoms. The van der Waals surface area contributed by atoms with Crippen molar-refractivity contribution in [1.82, 2.24) is 14.4 Å². The van der Waals surface area contributed by atoms with Crippen LogP contribution in [0, 0.1) is 0 Å². The van der Waals surface area contributed by atoms with E-state index in [1.54, 1.807) is 19.1 Å². The van der Waals surface area contributed by atoms with Gasteiger partial charge in [-0.1, -0.05) is 61.5 Å². The third-order valence-electron chi connectivity index (χ3n) is 7.81. The number of ether oxygens (including phenoxy) is 2. The molecule has 226 valence electrons. The molecular formula is C36H43N3O4. The second-order valence-corrected chi connectivity index (χ2v) is 10.8. The number of nitrogens with zero attached hydrogens (tertiary/aromatic N) is 3. The lowest BCUT2D eigenvalue weighted by molar-refractivity contribution is -0.134. The predicted octanol–water partition coefficient (Wildman–Crippen LogP) is 6.52. The summed E-state index contributed by atoms with van der Waals surface area (Å²) < 4.78 is 12.8. The zero-order valence-corrected chi connectivity index (χ0v) is 25.7. The highest BCUT2D eigenvalue weighted by Crippen LogP contribution is 2.21. The van der Waals surface area contributed by atoms with Gasteiger partial charge in [0.1, 0.15) is 12.3 Å². The van der Waals surface area contributed by atoms with Gasteiger partial charge in [-0.25, -0.2) is 0 Å². The van der Waals surface area contributed by atoms with Crippen molar-refractivity contribution in [2.75, 3.05) is 33.9 Å². The van der Waals surface area contributed by atoms with E-state index in [2.05, 4.69) is 30.5 Å². The van der Waals surface area contributed by atoms with Gasteiger partial charge in [-0.2, -0.15) is 0 Å². The second kappa shape index (κ2) is 15.8. The summed E-state index contributed by atoms with van der Waals surface area (Å²) in [6.07, 6.45) is 3.49. The van der Waals surface area contributed by atoms with Crippen LogP contribution in [0.15, 0.2) is 97.2 Å². The number of aromatic nitrogens is 1. The monoisotopic (exact) mass is 581 g/mol. The Labute approximate surface area is 255 Å². The first-order valence-electron chi connectivity index (χ1n) is 14.9. The first kappa shape index (κ1) is 31.6. The van der Waals surface area contributed by atoms with Crippen LogP contribution in [0.25, 0.3) is 11.1 Å². The predicted molar refractivity (Wildman–Crippen MR) is 171 cm³/mol. The van der Waals surface area contributed by atoms with Crippen LogP contribution < -0.4 is 4.74 Å². The Morgan fingerprint density at radius 3 is 2.33 bits per heavy atom. The fourth-order valence-electron chi connectivity index (χ4n) is 5.12. The lowest BCUT2D eigenvalue weighted by Crippen LogP contribution is -2.46. The first-order valence-corrected chi connectivity index (χ1v) is 14.9. The number of carbonyl (C=O) groups is 2. The van der Waals surface area contributed by atoms with Gasteiger partial charge in [0, 0.05) is 50.3 Å². The molecule has 4 aromatic rings. The van der Waals surface area contributed by atoms with Gasteiger partial charge >= 0.3 is 0 Å². The standard InChI is InChI=1S/C36H43N3O4/c1-5-28(2)39(26-33-15-10-21-37(33)25-29-12-9-16-34(24-29)43-4)35(40)27-38(22-11-23-42-3)36(41)32-19-17-31(18-20-32)30-13-7-6-8-14-30/h6-10,12-21,24,28H,5,11,22-23,25-27H2,1-4H3. The van der Waals surface area contributed by atoms with Crippen molar-refractivity contribution in [2.45, 2.75) is 45.8 Å². The molecule has 7 nitrogen and oxygen atoms in total. The number of methoxy groups -OCH3 is 2. The molecule has 0 radical (unpaired) electrons. The third kappa shape index (κ3) is 8.58. The topological polar surface area (TPSA) is 64.0 Å². The summed E-state index contributed by atoms with van der Waals surface area (Å²) in [7, 11) is 3.31. The SMILES string of the molecule is CCC(C)N(Cc1cccn1Cc1cccc(OC)c1)C(=O)CN(CCCOC)C(=O)c1ccc(-c2ccccc2)cc1. The molecule has 2 amide bonds. The molecule has 1 heterocycles. The molecule has 0 aliphatic rings. The van der Waals surface area contributed by atoms with E-state index >= 15 is 0 Å². The smallest absolute Gasteiger partial charge is 0.254 e. The van der Waals surface area contributed by atoms with Gasteiger partial charge < -0.3 is 23.8 Å². The van der Waals surface area contributed by atoms with Gasteiger partial charge in [0.25, 0.3) is 5.91 Å². The Bertz CT molecular complexity index is 1450. The van der Waals surface area contributed by atoms with E-state index in [4.69, 9.17) is 9.47 Å². The van der Waals surface area contributed by atoms with Gasteiger partial charge in [0.15, 0.2) is 0 Å². The Hall–Kier alpha value is -4.36. The molecule has 0 aliphatic carbocycles. The Balaban J connectivity index is 1.51. The van der Waals surface area contributed by atoms with Crippen LogP contribution in [-0.2, 0) is 22.6 Å². The molecule has 1 aromatic heterocycles. The molecule has 1 atom stereocenters. The highest BCUT2D eigenvalue weighted by atomic mass is 16.5. The Kier molecular flexibility index (Phi) is 11.6. The highest BCUT2D eigenvalue weighted by molar-refractivity contribution is 5.97. The largest absolute Gasteiger partial charge is 0.497 e. The van der Waals surface area contributed by atoms with Gasteiger partial charge in [0.2, 0.25) is 5.91 Å². The zero-order valence-electron chi connectivity index (χ0n) is 25.7. The molecule has 1 unspecified atom stereocenters. The average molecular weight is 582 g/mol. The molecule has 3 aromatic carbocycles. The van der Waals surface area contributed by atoms with Crippen LogP contribution >= 0.6 is 0 Å². The van der Waals surface area contributed by atoms with Crippen molar-refractivity contribution in [3.05, 3.63) is 114 Å². The van der Waals surface area contributed by atoms with Crippen molar-refractivity contribution in [1.29, 1.82) is 0 Å². The molecule has 0 N–H and O–H groups in total. The molecule has 0 aliphatic heterocycles. The Morgan fingerprint density at radius 2 is 1.63 bits per heavy atom. The minimum absolute atomic E-state index is 0.00389. The normalized spacial score (nSPS) is 11.6. The fraction of sp³-hybridized carbons (Fsp3) is 0.333. The van der Waals surface area contributed by atoms with Crippen molar-refractivity contribution >= 4 is 11.8 Å². The van der Waals surface area contributed by atoms with Gasteiger partial charge in [-0.3, -0.25) is 9.59 Å². The molecule has 0 saturated carbocycles. The molecule has 4 rings (SSSR count). The lowest BCUT2D eigenvalue weighted by Gasteiger charge is -2.32. The maximum absolute atomic E-state index is 13.9. The Morgan fingerprint density at radius 1 is 0.884 bits per heavy atom. The second-order valence-electron chi connectivity index (χ2n) is 10.8. The molecular weight excluding hydrogens is 538 g/mol. The molecule has 43 heavy (non-hydrogen) atoms. The number of carbonyl (C=O) groups excluding carboxylic acids is 2. The van der Waals surface area contributed by atoms with Crippen LogP contribution in [0.5, 0.6) is 5.75 Å². The zero-order chi connectivity index (χ0) is 30.6. The van der Waals surface area contributed by atoms with E-state index in [0.29, 0.717) is 38.2 Å². The summed E-state index contributed by atoms with van der Waals surface area (Å²) >= 11 is 0. The van der Waals surface area contributed by atoms with Crippen LogP contribution in [0.2, 0.25) is 0 Å². The van der Waals surface area contributed by atoms with Crippen LogP contribution in [-0.4, -0.2) is 66.1 Å². The van der Waals surface area contributed by atoms with Crippen molar-refractivity contribution < 1.29 is 19.1 Å². The minimum Gasteiger partial charge on any atom is -0.497 e. The van der Waals surface area contributed by atoms with E-state index in [-0.39, 0.29) is 24.4 Å². The maximum Gasteiger partial charge on any atom is 0.254 e. The number of hydrogen-bond acceptors (Lipinski definition) is 4. The lowest BCUT2D eigenvalue weighted by atomic mass is 10.0. The minimum atomic E-state index is -0.158. The van der Waals surface area contributed by atoms with Crippen LogP contribution in [0.3, 0.4) is 0 Å². The van der Waals surface area contributed by atoms with E-state index in [0.717, 1.165) is 34.6 Å². The summed E-state index contributed by atoms with van der Waals surface area (Å²) in [5.74, 6) is 0.584. The van der Waals surface area contributed by atoms with Gasteiger partial charge in [-0.15, -0.1) is 0 Å². The number of benzene rings is 3. The first-order chi connectivity index (χ1) is 20.9. The highest BCUT2D eigenvalue weighted by Gasteiger charge is 2.25. The maximum atomic E-state index is 13.9. The van der Waals surface area contributed by atoms with E-state index < -0.39 is 0 Å². The summed E-state index contributed by atoms with van der Waals surface area (Å²) in [6.45, 7) is 6.21. The van der Waals surface area contributed by atoms with Crippen molar-refractivity contribution in [2.24, 2.45) is 0 Å². The van der Waals surface area contributed by atoms with Crippen molar-refractivity contribution in [3.8, 4) is 16.9 Å². The van der Waals surface area contributed by atoms with E-state index in [9.17, 15) is 9.59 Å². The van der Waals surface area contributed by atoms with E-state index in [1.165, 1.54) is 0 Å². The quantitative estimate of drug-likeness (QED) is 0.150.